The molecular weight excluding hydrogens is 414 g/mol. The Bertz CT molecular complexity index is 983. The van der Waals surface area contributed by atoms with Crippen LogP contribution in [0.3, 0.4) is 0 Å². The van der Waals surface area contributed by atoms with Crippen molar-refractivity contribution in [2.45, 2.75) is 75.6 Å². The van der Waals surface area contributed by atoms with Crippen LogP contribution in [0.1, 0.15) is 64.9 Å². The highest BCUT2D eigenvalue weighted by Gasteiger charge is 2.45. The van der Waals surface area contributed by atoms with Crippen molar-refractivity contribution in [2.75, 3.05) is 24.5 Å². The van der Waals surface area contributed by atoms with Crippen molar-refractivity contribution in [1.29, 1.82) is 0 Å². The predicted octanol–water partition coefficient (Wildman–Crippen LogP) is 2.79. The molecule has 2 heterocycles. The van der Waals surface area contributed by atoms with Crippen molar-refractivity contribution in [3.8, 4) is 0 Å². The van der Waals surface area contributed by atoms with Gasteiger partial charge in [0.1, 0.15) is 6.54 Å². The van der Waals surface area contributed by atoms with Gasteiger partial charge < -0.3 is 10.2 Å². The minimum atomic E-state index is -3.62. The van der Waals surface area contributed by atoms with Gasteiger partial charge in [-0.15, -0.1) is 0 Å². The number of hydrogen-bond donors (Lipinski definition) is 1. The summed E-state index contributed by atoms with van der Waals surface area (Å²) in [4.78, 5) is 27.4. The Morgan fingerprint density at radius 3 is 2.55 bits per heavy atom. The van der Waals surface area contributed by atoms with Crippen molar-refractivity contribution in [1.82, 2.24) is 9.62 Å². The molecule has 2 aliphatic heterocycles. The van der Waals surface area contributed by atoms with Gasteiger partial charge in [-0.2, -0.15) is 4.31 Å². The van der Waals surface area contributed by atoms with Crippen molar-refractivity contribution in [2.24, 2.45) is 5.92 Å². The lowest BCUT2D eigenvalue weighted by Crippen LogP contribution is -2.44. The molecule has 7 nitrogen and oxygen atoms in total. The first-order chi connectivity index (χ1) is 14.6. The Kier molecular flexibility index (Phi) is 5.89. The van der Waals surface area contributed by atoms with Crippen molar-refractivity contribution in [3.63, 3.8) is 0 Å². The zero-order valence-corrected chi connectivity index (χ0v) is 19.5. The van der Waals surface area contributed by atoms with E-state index >= 15 is 0 Å². The van der Waals surface area contributed by atoms with E-state index in [2.05, 4.69) is 12.2 Å². The highest BCUT2D eigenvalue weighted by Crippen LogP contribution is 2.43. The Morgan fingerprint density at radius 2 is 1.87 bits per heavy atom. The maximum atomic E-state index is 13.2. The number of fused-ring (bicyclic) bond motifs is 1. The molecule has 0 bridgehead atoms. The van der Waals surface area contributed by atoms with E-state index < -0.39 is 15.4 Å². The maximum Gasteiger partial charge on any atom is 0.243 e. The van der Waals surface area contributed by atoms with Crippen molar-refractivity contribution < 1.29 is 18.0 Å². The summed E-state index contributed by atoms with van der Waals surface area (Å²) in [5, 5.41) is 3.03. The molecule has 1 saturated carbocycles. The quantitative estimate of drug-likeness (QED) is 0.752. The van der Waals surface area contributed by atoms with Gasteiger partial charge in [-0.1, -0.05) is 19.8 Å². The summed E-state index contributed by atoms with van der Waals surface area (Å²) in [6.07, 6.45) is 6.11. The van der Waals surface area contributed by atoms with Gasteiger partial charge in [-0.25, -0.2) is 8.42 Å². The van der Waals surface area contributed by atoms with Crippen LogP contribution in [0.25, 0.3) is 0 Å². The third kappa shape index (κ3) is 4.12. The number of nitrogens with zero attached hydrogens (tertiary/aromatic N) is 2. The molecule has 1 atom stereocenters. The fourth-order valence-corrected chi connectivity index (χ4v) is 6.76. The highest BCUT2D eigenvalue weighted by molar-refractivity contribution is 7.89. The van der Waals surface area contributed by atoms with Crippen molar-refractivity contribution in [3.05, 3.63) is 23.8 Å². The van der Waals surface area contributed by atoms with E-state index in [1.54, 1.807) is 36.4 Å². The van der Waals surface area contributed by atoms with Crippen LogP contribution in [0.4, 0.5) is 5.69 Å². The van der Waals surface area contributed by atoms with Gasteiger partial charge in [0.05, 0.1) is 10.3 Å². The molecule has 0 radical (unpaired) electrons. The molecule has 31 heavy (non-hydrogen) atoms. The zero-order valence-electron chi connectivity index (χ0n) is 18.7. The molecular formula is C23H33N3O4S. The summed E-state index contributed by atoms with van der Waals surface area (Å²) in [5.74, 6) is -0.00189. The first-order valence-corrected chi connectivity index (χ1v) is 12.8. The maximum absolute atomic E-state index is 13.2. The molecule has 1 unspecified atom stereocenters. The molecule has 1 aromatic carbocycles. The highest BCUT2D eigenvalue weighted by atomic mass is 32.2. The largest absolute Gasteiger partial charge is 0.352 e. The lowest BCUT2D eigenvalue weighted by atomic mass is 9.86. The molecule has 1 aromatic rings. The lowest BCUT2D eigenvalue weighted by Gasteiger charge is -2.30. The van der Waals surface area contributed by atoms with E-state index in [1.807, 2.05) is 0 Å². The zero-order chi connectivity index (χ0) is 22.4. The fourth-order valence-electron chi connectivity index (χ4n) is 5.13. The molecule has 1 aliphatic carbocycles. The van der Waals surface area contributed by atoms with Crippen LogP contribution in [-0.2, 0) is 25.0 Å². The second-order valence-electron chi connectivity index (χ2n) is 9.85. The number of rotatable bonds is 5. The molecule has 2 amide bonds. The summed E-state index contributed by atoms with van der Waals surface area (Å²) in [6.45, 7) is 6.67. The Balaban J connectivity index is 1.59. The van der Waals surface area contributed by atoms with E-state index in [9.17, 15) is 18.0 Å². The van der Waals surface area contributed by atoms with Crippen LogP contribution in [0.15, 0.2) is 23.1 Å². The number of piperidine rings is 1. The van der Waals surface area contributed by atoms with E-state index in [4.69, 9.17) is 0 Å². The van der Waals surface area contributed by atoms with Crippen LogP contribution in [0.5, 0.6) is 0 Å². The van der Waals surface area contributed by atoms with Gasteiger partial charge in [0.2, 0.25) is 21.8 Å². The first kappa shape index (κ1) is 22.3. The number of nitrogens with one attached hydrogen (secondary N) is 1. The summed E-state index contributed by atoms with van der Waals surface area (Å²) in [6, 6.07) is 5.09. The van der Waals surface area contributed by atoms with Gasteiger partial charge in [0.15, 0.2) is 0 Å². The molecule has 1 N–H and O–H groups in total. The van der Waals surface area contributed by atoms with E-state index in [1.165, 1.54) is 4.90 Å². The molecule has 8 heteroatoms. The monoisotopic (exact) mass is 447 g/mol. The Labute approximate surface area is 185 Å². The first-order valence-electron chi connectivity index (χ1n) is 11.4. The number of carbonyl (C=O) groups excluding carboxylic acids is 2. The Morgan fingerprint density at radius 1 is 1.16 bits per heavy atom. The number of benzene rings is 1. The van der Waals surface area contributed by atoms with E-state index in [-0.39, 0.29) is 29.3 Å². The van der Waals surface area contributed by atoms with Crippen LogP contribution < -0.4 is 10.2 Å². The van der Waals surface area contributed by atoms with Crippen LogP contribution in [0, 0.1) is 5.92 Å². The normalized spacial score (nSPS) is 24.4. The molecule has 0 aromatic heterocycles. The number of carbonyl (C=O) groups is 2. The minimum absolute atomic E-state index is 0.0402. The average molecular weight is 448 g/mol. The SMILES string of the molecule is CC1CCCN(S(=O)(=O)c2ccc3c(c2)C(C)(C)C(=O)N3CC(=O)NC2CCCC2)C1. The van der Waals surface area contributed by atoms with Gasteiger partial charge in [0, 0.05) is 24.8 Å². The van der Waals surface area contributed by atoms with Gasteiger partial charge in [-0.05, 0) is 69.2 Å². The fraction of sp³-hybridized carbons (Fsp3) is 0.652. The lowest BCUT2D eigenvalue weighted by molar-refractivity contribution is -0.125. The van der Waals surface area contributed by atoms with E-state index in [0.29, 0.717) is 30.3 Å². The predicted molar refractivity (Wildman–Crippen MR) is 119 cm³/mol. The van der Waals surface area contributed by atoms with Gasteiger partial charge in [0.25, 0.3) is 0 Å². The van der Waals surface area contributed by atoms with E-state index in [0.717, 1.165) is 38.5 Å². The van der Waals surface area contributed by atoms with Crippen LogP contribution in [-0.4, -0.2) is 50.2 Å². The molecule has 2 fully saturated rings. The molecule has 3 aliphatic rings. The van der Waals surface area contributed by atoms with Gasteiger partial charge in [-0.3, -0.25) is 9.59 Å². The summed E-state index contributed by atoms with van der Waals surface area (Å²) in [5.41, 5.74) is 0.406. The third-order valence-electron chi connectivity index (χ3n) is 6.99. The van der Waals surface area contributed by atoms with Gasteiger partial charge >= 0.3 is 0 Å². The smallest absolute Gasteiger partial charge is 0.243 e. The molecule has 170 valence electrons. The van der Waals surface area contributed by atoms with Crippen LogP contribution >= 0.6 is 0 Å². The summed E-state index contributed by atoms with van der Waals surface area (Å²) in [7, 11) is -3.62. The summed E-state index contributed by atoms with van der Waals surface area (Å²) < 4.78 is 28.0. The second kappa shape index (κ2) is 8.20. The molecule has 0 spiro atoms. The third-order valence-corrected chi connectivity index (χ3v) is 8.85. The number of sulfonamides is 1. The van der Waals surface area contributed by atoms with Crippen molar-refractivity contribution >= 4 is 27.5 Å². The summed E-state index contributed by atoms with van der Waals surface area (Å²) >= 11 is 0. The average Bonchev–Trinajstić information content (AvgIpc) is 3.29. The minimum Gasteiger partial charge on any atom is -0.352 e. The Hall–Kier alpha value is -1.93. The topological polar surface area (TPSA) is 86.8 Å². The molecule has 1 saturated heterocycles. The number of amides is 2. The molecule has 4 rings (SSSR count). The standard InChI is InChI=1S/C23H33N3O4S/c1-16-7-6-12-25(14-16)31(29,30)18-10-11-20-19(13-18)23(2,3)22(28)26(20)15-21(27)24-17-8-4-5-9-17/h10-11,13,16-17H,4-9,12,14-15H2,1-3H3,(H,24,27). The second-order valence-corrected chi connectivity index (χ2v) is 11.8. The van der Waals surface area contributed by atoms with Crippen LogP contribution in [0.2, 0.25) is 0 Å². The number of hydrogen-bond acceptors (Lipinski definition) is 4. The number of anilines is 1.